The number of hydrogen-bond acceptors (Lipinski definition) is 4. The van der Waals surface area contributed by atoms with Crippen LogP contribution in [0.25, 0.3) is 10.9 Å². The van der Waals surface area contributed by atoms with Crippen LogP contribution in [0.15, 0.2) is 52.5 Å². The predicted molar refractivity (Wildman–Crippen MR) is 167 cm³/mol. The Labute approximate surface area is 251 Å². The summed E-state index contributed by atoms with van der Waals surface area (Å²) in [6.45, 7) is 12.1. The van der Waals surface area contributed by atoms with Crippen molar-refractivity contribution in [2.75, 3.05) is 25.0 Å². The van der Waals surface area contributed by atoms with Gasteiger partial charge < -0.3 is 15.0 Å². The van der Waals surface area contributed by atoms with Crippen LogP contribution in [-0.2, 0) is 17.7 Å². The summed E-state index contributed by atoms with van der Waals surface area (Å²) in [5.74, 6) is 2.90. The van der Waals surface area contributed by atoms with Gasteiger partial charge in [0, 0.05) is 35.4 Å². The SMILES string of the molecule is C[C@@H]1[C@@H](/N=C(/Nc2ccc3c(=O)n(CCc4ccc(Cl)cc4Cl)cnc3c2)N2CCO[C@@H](C)C2)C[C@@H]2C[C@H]1C2(C)C. The minimum absolute atomic E-state index is 0.0691. The van der Waals surface area contributed by atoms with Gasteiger partial charge in [-0.3, -0.25) is 9.36 Å². The smallest absolute Gasteiger partial charge is 0.261 e. The third kappa shape index (κ3) is 5.61. The molecule has 2 aromatic carbocycles. The molecule has 0 spiro atoms. The fraction of sp³-hybridized carbons (Fsp3) is 0.531. The maximum Gasteiger partial charge on any atom is 0.261 e. The monoisotopic (exact) mass is 595 g/mol. The van der Waals surface area contributed by atoms with E-state index in [4.69, 9.17) is 32.9 Å². The molecule has 3 aromatic rings. The number of ether oxygens (including phenoxy) is 1. The molecule has 1 aliphatic heterocycles. The molecule has 2 heterocycles. The number of hydrogen-bond donors (Lipinski definition) is 1. The van der Waals surface area contributed by atoms with Crippen molar-refractivity contribution in [1.82, 2.24) is 14.5 Å². The van der Waals surface area contributed by atoms with Crippen LogP contribution in [0.2, 0.25) is 10.0 Å². The molecule has 0 radical (unpaired) electrons. The average molecular weight is 597 g/mol. The second-order valence-corrected chi connectivity index (χ2v) is 13.5. The van der Waals surface area contributed by atoms with Gasteiger partial charge in [0.2, 0.25) is 0 Å². The first-order valence-corrected chi connectivity index (χ1v) is 15.5. The van der Waals surface area contributed by atoms with Gasteiger partial charge in [0.1, 0.15) is 0 Å². The number of nitrogens with one attached hydrogen (secondary N) is 1. The zero-order chi connectivity index (χ0) is 28.9. The van der Waals surface area contributed by atoms with Crippen LogP contribution in [0.4, 0.5) is 5.69 Å². The number of morpholine rings is 1. The summed E-state index contributed by atoms with van der Waals surface area (Å²) in [6.07, 6.45) is 4.84. The van der Waals surface area contributed by atoms with Gasteiger partial charge >= 0.3 is 0 Å². The Morgan fingerprint density at radius 3 is 2.73 bits per heavy atom. The minimum atomic E-state index is -0.0691. The zero-order valence-corrected chi connectivity index (χ0v) is 25.8. The van der Waals surface area contributed by atoms with Gasteiger partial charge in [-0.2, -0.15) is 0 Å². The van der Waals surface area contributed by atoms with Gasteiger partial charge in [-0.15, -0.1) is 0 Å². The largest absolute Gasteiger partial charge is 0.375 e. The third-order valence-electron chi connectivity index (χ3n) is 9.86. The Balaban J connectivity index is 1.23. The highest BCUT2D eigenvalue weighted by molar-refractivity contribution is 6.35. The molecule has 1 N–H and O–H groups in total. The van der Waals surface area contributed by atoms with Crippen LogP contribution in [-0.4, -0.2) is 52.3 Å². The predicted octanol–water partition coefficient (Wildman–Crippen LogP) is 6.51. The van der Waals surface area contributed by atoms with Crippen molar-refractivity contribution in [1.29, 1.82) is 0 Å². The lowest BCUT2D eigenvalue weighted by molar-refractivity contribution is -0.108. The molecule has 4 fully saturated rings. The van der Waals surface area contributed by atoms with Crippen LogP contribution in [0.1, 0.15) is 46.1 Å². The number of halogens is 2. The van der Waals surface area contributed by atoms with Gasteiger partial charge in [0.05, 0.1) is 36.0 Å². The topological polar surface area (TPSA) is 71.8 Å². The molecule has 2 bridgehead atoms. The Kier molecular flexibility index (Phi) is 7.81. The first-order valence-electron chi connectivity index (χ1n) is 14.7. The van der Waals surface area contributed by atoms with E-state index in [1.807, 2.05) is 30.3 Å². The van der Waals surface area contributed by atoms with Crippen LogP contribution in [0.5, 0.6) is 0 Å². The lowest BCUT2D eigenvalue weighted by Gasteiger charge is -2.61. The van der Waals surface area contributed by atoms with Crippen LogP contribution >= 0.6 is 23.2 Å². The maximum absolute atomic E-state index is 13.3. The van der Waals surface area contributed by atoms with E-state index in [1.54, 1.807) is 17.0 Å². The number of aromatic nitrogens is 2. The molecule has 4 aliphatic rings. The van der Waals surface area contributed by atoms with E-state index in [0.717, 1.165) is 48.6 Å². The summed E-state index contributed by atoms with van der Waals surface area (Å²) >= 11 is 12.4. The van der Waals surface area contributed by atoms with E-state index in [0.29, 0.717) is 57.9 Å². The lowest BCUT2D eigenvalue weighted by atomic mass is 9.45. The summed E-state index contributed by atoms with van der Waals surface area (Å²) in [4.78, 5) is 25.6. The van der Waals surface area contributed by atoms with E-state index in [-0.39, 0.29) is 11.7 Å². The third-order valence-corrected chi connectivity index (χ3v) is 10.4. The second-order valence-electron chi connectivity index (χ2n) is 12.7. The van der Waals surface area contributed by atoms with Gasteiger partial charge in [-0.1, -0.05) is 50.0 Å². The molecular weight excluding hydrogens is 557 g/mol. The molecule has 1 saturated heterocycles. The Hall–Kier alpha value is -2.61. The summed E-state index contributed by atoms with van der Waals surface area (Å²) in [7, 11) is 0. The molecule has 1 aromatic heterocycles. The Bertz CT molecular complexity index is 1540. The number of aryl methyl sites for hydroxylation is 2. The number of aliphatic imine (C=N–C) groups is 1. The molecule has 0 unspecified atom stereocenters. The highest BCUT2D eigenvalue weighted by atomic mass is 35.5. The number of benzene rings is 2. The zero-order valence-electron chi connectivity index (χ0n) is 24.2. The second kappa shape index (κ2) is 11.2. The van der Waals surface area contributed by atoms with E-state index in [2.05, 4.69) is 42.9 Å². The number of fused-ring (bicyclic) bond motifs is 3. The van der Waals surface area contributed by atoms with Crippen molar-refractivity contribution in [2.45, 2.75) is 65.6 Å². The van der Waals surface area contributed by atoms with Crippen LogP contribution in [0, 0.1) is 23.2 Å². The molecule has 7 nitrogen and oxygen atoms in total. The molecular formula is C32H39Cl2N5O2. The Morgan fingerprint density at radius 1 is 1.17 bits per heavy atom. The molecule has 7 rings (SSSR count). The summed E-state index contributed by atoms with van der Waals surface area (Å²) in [5, 5.41) is 5.40. The van der Waals surface area contributed by atoms with Crippen molar-refractivity contribution < 1.29 is 4.74 Å². The summed E-state index contributed by atoms with van der Waals surface area (Å²) < 4.78 is 7.47. The highest BCUT2D eigenvalue weighted by Crippen LogP contribution is 2.61. The molecule has 5 atom stereocenters. The molecule has 41 heavy (non-hydrogen) atoms. The molecule has 9 heteroatoms. The van der Waals surface area contributed by atoms with Crippen LogP contribution in [0.3, 0.4) is 0 Å². The van der Waals surface area contributed by atoms with E-state index >= 15 is 0 Å². The van der Waals surface area contributed by atoms with Gasteiger partial charge in [-0.05, 0) is 85.3 Å². The minimum Gasteiger partial charge on any atom is -0.375 e. The number of nitrogens with zero attached hydrogens (tertiary/aromatic N) is 4. The van der Waals surface area contributed by atoms with Crippen molar-refractivity contribution >= 4 is 45.8 Å². The first kappa shape index (κ1) is 28.5. The first-order chi connectivity index (χ1) is 19.6. The van der Waals surface area contributed by atoms with Crippen molar-refractivity contribution in [3.8, 4) is 0 Å². The average Bonchev–Trinajstić information content (AvgIpc) is 2.94. The molecule has 0 amide bonds. The number of anilines is 1. The summed E-state index contributed by atoms with van der Waals surface area (Å²) in [6, 6.07) is 11.5. The van der Waals surface area contributed by atoms with E-state index < -0.39 is 0 Å². The van der Waals surface area contributed by atoms with Gasteiger partial charge in [0.15, 0.2) is 5.96 Å². The molecule has 3 aliphatic carbocycles. The van der Waals surface area contributed by atoms with Crippen molar-refractivity contribution in [3.05, 3.63) is 68.7 Å². The summed E-state index contributed by atoms with van der Waals surface area (Å²) in [5.41, 5.74) is 2.83. The fourth-order valence-electron chi connectivity index (χ4n) is 7.14. The van der Waals surface area contributed by atoms with Crippen molar-refractivity contribution in [3.63, 3.8) is 0 Å². The van der Waals surface area contributed by atoms with E-state index in [1.165, 1.54) is 6.42 Å². The Morgan fingerprint density at radius 2 is 2.00 bits per heavy atom. The van der Waals surface area contributed by atoms with Crippen molar-refractivity contribution in [2.24, 2.45) is 28.2 Å². The van der Waals surface area contributed by atoms with Gasteiger partial charge in [0.25, 0.3) is 5.56 Å². The highest BCUT2D eigenvalue weighted by Gasteiger charge is 2.56. The standard InChI is InChI=1S/C32H39Cl2N5O2/c1-19-17-38(11-12-41-19)31(37-28-14-22-13-26(20(28)2)32(22,3)4)36-24-7-8-25-29(16-24)35-18-39(30(25)40)10-9-21-5-6-23(33)15-27(21)34/h5-8,15-16,18-20,22,26,28H,9-14,17H2,1-4H3,(H,36,37)/t19-,20-,22-,26+,28-/m0/s1. The van der Waals surface area contributed by atoms with Crippen LogP contribution < -0.4 is 10.9 Å². The molecule has 3 saturated carbocycles. The lowest BCUT2D eigenvalue weighted by Crippen LogP contribution is -2.57. The fourth-order valence-corrected chi connectivity index (χ4v) is 7.65. The normalized spacial score (nSPS) is 27.5. The number of rotatable bonds is 5. The van der Waals surface area contributed by atoms with E-state index in [9.17, 15) is 4.79 Å². The number of guanidine groups is 1. The molecule has 218 valence electrons. The van der Waals surface area contributed by atoms with Gasteiger partial charge in [-0.25, -0.2) is 9.98 Å². The maximum atomic E-state index is 13.3. The quantitative estimate of drug-likeness (QED) is 0.269.